The Morgan fingerprint density at radius 2 is 1.20 bits per heavy atom. The first-order valence-electron chi connectivity index (χ1n) is 6.12. The van der Waals surface area contributed by atoms with E-state index in [2.05, 4.69) is 66.7 Å². The summed E-state index contributed by atoms with van der Waals surface area (Å²) in [5.74, 6) is 0. The van der Waals surface area contributed by atoms with Crippen molar-refractivity contribution in [3.05, 3.63) is 81.1 Å². The summed E-state index contributed by atoms with van der Waals surface area (Å²) >= 11 is 1.52. The Kier molecular flexibility index (Phi) is 6.96. The predicted molar refractivity (Wildman–Crippen MR) is 72.4 cm³/mol. The molecule has 0 saturated carbocycles. The summed E-state index contributed by atoms with van der Waals surface area (Å²) in [5, 5.41) is 0. The molecule has 0 unspecified atom stereocenters. The fraction of sp³-hybridized carbons (Fsp3) is 0.0588. The molecule has 0 heterocycles. The van der Waals surface area contributed by atoms with E-state index in [1.165, 1.54) is 47.0 Å². The van der Waals surface area contributed by atoms with Crippen molar-refractivity contribution in [1.82, 2.24) is 0 Å². The maximum absolute atomic E-state index is 2.36. The van der Waals surface area contributed by atoms with Crippen molar-refractivity contribution in [2.24, 2.45) is 0 Å². The van der Waals surface area contributed by atoms with Crippen molar-refractivity contribution in [2.45, 2.75) is 6.42 Å². The van der Waals surface area contributed by atoms with Gasteiger partial charge in [-0.15, -0.1) is 0 Å². The molecule has 0 fully saturated rings. The van der Waals surface area contributed by atoms with E-state index in [4.69, 9.17) is 0 Å². The number of halogens is 2. The van der Waals surface area contributed by atoms with Crippen LogP contribution in [0.5, 0.6) is 0 Å². The molecule has 0 aliphatic heterocycles. The molecule has 3 heteroatoms. The van der Waals surface area contributed by atoms with Crippen LogP contribution in [0, 0.1) is 0 Å². The van der Waals surface area contributed by atoms with Gasteiger partial charge < -0.3 is 24.8 Å². The number of benzene rings is 2. The third-order valence-corrected chi connectivity index (χ3v) is 4.34. The molecular formula is C17H13Cl2Zr. The molecule has 0 radical (unpaired) electrons. The van der Waals surface area contributed by atoms with Crippen LogP contribution in [0.2, 0.25) is 0 Å². The molecule has 0 nitrogen and oxygen atoms in total. The number of allylic oxidation sites excluding steroid dienone is 4. The van der Waals surface area contributed by atoms with Gasteiger partial charge in [-0.2, -0.15) is 0 Å². The standard InChI is InChI=1S/C17H13.2ClH.Zr/c1-3-8-14(9-4-1)16-12-7-13-17(16)15-10-5-2-6-11-15;;;/h1-6,8-12H,7H2;2*1H;/q;;;+2/p-2. The minimum absolute atomic E-state index is 0. The van der Waals surface area contributed by atoms with E-state index < -0.39 is 0 Å². The van der Waals surface area contributed by atoms with Crippen molar-refractivity contribution in [3.63, 3.8) is 0 Å². The predicted octanol–water partition coefficient (Wildman–Crippen LogP) is -1.56. The van der Waals surface area contributed by atoms with Crippen LogP contribution >= 0.6 is 0 Å². The summed E-state index contributed by atoms with van der Waals surface area (Å²) in [4.78, 5) is 0. The zero-order chi connectivity index (χ0) is 12.4. The number of hydrogen-bond acceptors (Lipinski definition) is 0. The second kappa shape index (κ2) is 7.98. The Bertz CT molecular complexity index is 616. The summed E-state index contributed by atoms with van der Waals surface area (Å²) in [6, 6.07) is 21.4. The molecule has 99 valence electrons. The van der Waals surface area contributed by atoms with Gasteiger partial charge in [-0.05, 0) is 0 Å². The molecule has 0 amide bonds. The van der Waals surface area contributed by atoms with Crippen molar-refractivity contribution in [3.8, 4) is 0 Å². The van der Waals surface area contributed by atoms with Crippen LogP contribution in [0.4, 0.5) is 0 Å². The Balaban J connectivity index is 0.000001000. The first-order chi connectivity index (χ1) is 8.86. The van der Waals surface area contributed by atoms with E-state index in [0.29, 0.717) is 0 Å². The summed E-state index contributed by atoms with van der Waals surface area (Å²) in [6.07, 6.45) is 3.47. The molecule has 2 aromatic rings. The average Bonchev–Trinajstić information content (AvgIpc) is 2.83. The summed E-state index contributed by atoms with van der Waals surface area (Å²) in [5.41, 5.74) is 5.51. The van der Waals surface area contributed by atoms with Crippen LogP contribution < -0.4 is 24.8 Å². The zero-order valence-corrected chi connectivity index (χ0v) is 14.8. The first kappa shape index (κ1) is 17.4. The third-order valence-electron chi connectivity index (χ3n) is 3.23. The van der Waals surface area contributed by atoms with Gasteiger partial charge in [-0.1, -0.05) is 0 Å². The molecule has 0 N–H and O–H groups in total. The van der Waals surface area contributed by atoms with E-state index >= 15 is 0 Å². The van der Waals surface area contributed by atoms with Crippen LogP contribution in [-0.2, 0) is 24.7 Å². The molecule has 20 heavy (non-hydrogen) atoms. The minimum atomic E-state index is 0. The van der Waals surface area contributed by atoms with Crippen LogP contribution in [-0.4, -0.2) is 0 Å². The van der Waals surface area contributed by atoms with Crippen molar-refractivity contribution >= 4 is 11.1 Å². The van der Waals surface area contributed by atoms with Crippen LogP contribution in [0.3, 0.4) is 0 Å². The molecule has 3 rings (SSSR count). The summed E-state index contributed by atoms with van der Waals surface area (Å²) < 4.78 is 1.55. The monoisotopic (exact) mass is 377 g/mol. The Morgan fingerprint density at radius 1 is 0.700 bits per heavy atom. The first-order valence-corrected chi connectivity index (χ1v) is 7.35. The van der Waals surface area contributed by atoms with Crippen LogP contribution in [0.25, 0.3) is 11.1 Å². The van der Waals surface area contributed by atoms with Crippen molar-refractivity contribution in [2.75, 3.05) is 0 Å². The molecule has 2 aromatic carbocycles. The zero-order valence-electron chi connectivity index (χ0n) is 10.8. The van der Waals surface area contributed by atoms with Gasteiger partial charge in [0, 0.05) is 0 Å². The van der Waals surface area contributed by atoms with Crippen LogP contribution in [0.15, 0.2) is 70.0 Å². The molecule has 0 saturated heterocycles. The van der Waals surface area contributed by atoms with Gasteiger partial charge in [0.15, 0.2) is 0 Å². The van der Waals surface area contributed by atoms with E-state index in [-0.39, 0.29) is 24.8 Å². The second-order valence-electron chi connectivity index (χ2n) is 4.41. The molecule has 1 aliphatic carbocycles. The maximum atomic E-state index is 2.36. The quantitative estimate of drug-likeness (QED) is 0.592. The Labute approximate surface area is 147 Å². The van der Waals surface area contributed by atoms with Crippen molar-refractivity contribution in [1.29, 1.82) is 0 Å². The van der Waals surface area contributed by atoms with Gasteiger partial charge in [-0.3, -0.25) is 0 Å². The molecule has 0 atom stereocenters. The number of rotatable bonds is 2. The van der Waals surface area contributed by atoms with E-state index in [1.807, 2.05) is 0 Å². The van der Waals surface area contributed by atoms with E-state index in [1.54, 1.807) is 3.28 Å². The summed E-state index contributed by atoms with van der Waals surface area (Å²) in [7, 11) is 0. The van der Waals surface area contributed by atoms with E-state index in [0.717, 1.165) is 6.42 Å². The Hall–Kier alpha value is -0.617. The van der Waals surface area contributed by atoms with Crippen molar-refractivity contribution < 1.29 is 49.5 Å². The second-order valence-corrected chi connectivity index (χ2v) is 5.89. The average molecular weight is 379 g/mol. The van der Waals surface area contributed by atoms with Gasteiger partial charge in [0.05, 0.1) is 0 Å². The fourth-order valence-corrected chi connectivity index (χ4v) is 3.32. The topological polar surface area (TPSA) is 0 Å². The van der Waals surface area contributed by atoms with E-state index in [9.17, 15) is 0 Å². The summed E-state index contributed by atoms with van der Waals surface area (Å²) in [6.45, 7) is 0. The third kappa shape index (κ3) is 3.52. The SMILES string of the molecule is [Cl-].[Cl-].[Zr+2][C]1=C(c2ccccc2)C(c2ccccc2)=CC1. The van der Waals surface area contributed by atoms with Gasteiger partial charge in [0.2, 0.25) is 0 Å². The molecule has 0 bridgehead atoms. The van der Waals surface area contributed by atoms with Gasteiger partial charge >= 0.3 is 123 Å². The number of hydrogen-bond donors (Lipinski definition) is 0. The normalized spacial score (nSPS) is 13.4. The Morgan fingerprint density at radius 3 is 1.75 bits per heavy atom. The molecule has 0 aromatic heterocycles. The van der Waals surface area contributed by atoms with Crippen LogP contribution in [0.1, 0.15) is 17.5 Å². The molecule has 1 aliphatic rings. The van der Waals surface area contributed by atoms with Gasteiger partial charge in [0.1, 0.15) is 0 Å². The van der Waals surface area contributed by atoms with Gasteiger partial charge in [-0.25, -0.2) is 0 Å². The van der Waals surface area contributed by atoms with Gasteiger partial charge in [0.25, 0.3) is 0 Å². The molecular weight excluding hydrogens is 366 g/mol. The molecule has 0 spiro atoms. The fourth-order valence-electron chi connectivity index (χ4n) is 2.39.